The Labute approximate surface area is 207 Å². The highest BCUT2D eigenvalue weighted by Crippen LogP contribution is 2.37. The Morgan fingerprint density at radius 2 is 2.00 bits per heavy atom. The number of aromatic nitrogens is 4. The predicted molar refractivity (Wildman–Crippen MR) is 137 cm³/mol. The van der Waals surface area contributed by atoms with Gasteiger partial charge >= 0.3 is 0 Å². The first kappa shape index (κ1) is 21.9. The van der Waals surface area contributed by atoms with E-state index in [2.05, 4.69) is 27.3 Å². The third-order valence-electron chi connectivity index (χ3n) is 6.48. The molecule has 9 heteroatoms. The molecule has 0 unspecified atom stereocenters. The monoisotopic (exact) mass is 489 g/mol. The average molecular weight is 490 g/mol. The van der Waals surface area contributed by atoms with Crippen LogP contribution in [0.5, 0.6) is 11.5 Å². The minimum Gasteiger partial charge on any atom is -0.496 e. The molecule has 0 bridgehead atoms. The van der Waals surface area contributed by atoms with Crippen molar-refractivity contribution in [1.29, 1.82) is 0 Å². The summed E-state index contributed by atoms with van der Waals surface area (Å²) in [4.78, 5) is 11.9. The number of imidazole rings is 1. The topological polar surface area (TPSA) is 77.9 Å². The molecule has 1 aliphatic heterocycles. The van der Waals surface area contributed by atoms with E-state index in [1.54, 1.807) is 23.0 Å². The molecule has 0 radical (unpaired) electrons. The lowest BCUT2D eigenvalue weighted by molar-refractivity contribution is 0.303. The van der Waals surface area contributed by atoms with Crippen LogP contribution in [0.15, 0.2) is 46.3 Å². The maximum absolute atomic E-state index is 6.24. The summed E-state index contributed by atoms with van der Waals surface area (Å²) in [6.45, 7) is 6.79. The maximum Gasteiger partial charge on any atom is 0.185 e. The fourth-order valence-corrected chi connectivity index (χ4v) is 5.27. The Morgan fingerprint density at radius 3 is 2.83 bits per heavy atom. The van der Waals surface area contributed by atoms with Crippen LogP contribution in [-0.4, -0.2) is 39.8 Å². The van der Waals surface area contributed by atoms with Crippen molar-refractivity contribution in [2.24, 2.45) is 5.92 Å². The van der Waals surface area contributed by atoms with Crippen LogP contribution < -0.4 is 14.4 Å². The fraction of sp³-hybridized carbons (Fsp3) is 0.346. The summed E-state index contributed by atoms with van der Waals surface area (Å²) in [5.74, 6) is 2.80. The van der Waals surface area contributed by atoms with E-state index in [4.69, 9.17) is 18.9 Å². The van der Waals surface area contributed by atoms with Crippen LogP contribution in [0.3, 0.4) is 0 Å². The number of fused-ring (bicyclic) bond motifs is 2. The van der Waals surface area contributed by atoms with Crippen LogP contribution >= 0.6 is 11.3 Å². The first-order chi connectivity index (χ1) is 17.1. The molecular weight excluding hydrogens is 462 g/mol. The van der Waals surface area contributed by atoms with Crippen LogP contribution in [-0.2, 0) is 6.61 Å². The van der Waals surface area contributed by atoms with E-state index in [9.17, 15) is 0 Å². The molecule has 35 heavy (non-hydrogen) atoms. The lowest BCUT2D eigenvalue weighted by atomic mass is 10.00. The Morgan fingerprint density at radius 1 is 1.14 bits per heavy atom. The molecule has 1 aromatic carbocycles. The van der Waals surface area contributed by atoms with Crippen LogP contribution in [0.25, 0.3) is 28.1 Å². The number of benzene rings is 1. The van der Waals surface area contributed by atoms with Gasteiger partial charge in [-0.25, -0.2) is 14.5 Å². The summed E-state index contributed by atoms with van der Waals surface area (Å²) in [6.07, 6.45) is 4.31. The summed E-state index contributed by atoms with van der Waals surface area (Å²) < 4.78 is 19.7. The zero-order valence-electron chi connectivity index (χ0n) is 20.0. The van der Waals surface area contributed by atoms with Crippen molar-refractivity contribution in [2.45, 2.75) is 33.3 Å². The predicted octanol–water partition coefficient (Wildman–Crippen LogP) is 5.73. The summed E-state index contributed by atoms with van der Waals surface area (Å²) in [5, 5.41) is 8.50. The van der Waals surface area contributed by atoms with E-state index in [0.29, 0.717) is 35.1 Å². The van der Waals surface area contributed by atoms with E-state index in [0.717, 1.165) is 46.6 Å². The molecule has 5 heterocycles. The highest BCUT2D eigenvalue weighted by Gasteiger charge is 2.19. The average Bonchev–Trinajstić information content (AvgIpc) is 3.60. The lowest BCUT2D eigenvalue weighted by Gasteiger charge is -2.29. The minimum absolute atomic E-state index is 0.376. The van der Waals surface area contributed by atoms with Crippen LogP contribution in [0.2, 0.25) is 0 Å². The quantitative estimate of drug-likeness (QED) is 0.301. The molecule has 8 nitrogen and oxygen atoms in total. The van der Waals surface area contributed by atoms with Crippen LogP contribution in [0.4, 0.5) is 5.13 Å². The van der Waals surface area contributed by atoms with Crippen molar-refractivity contribution in [3.05, 3.63) is 53.3 Å². The number of nitrogens with zero attached hydrogens (tertiary/aromatic N) is 5. The summed E-state index contributed by atoms with van der Waals surface area (Å²) >= 11 is 1.68. The number of anilines is 1. The van der Waals surface area contributed by atoms with Crippen molar-refractivity contribution in [2.75, 3.05) is 25.1 Å². The van der Waals surface area contributed by atoms with Gasteiger partial charge in [0, 0.05) is 30.6 Å². The molecule has 1 aliphatic rings. The number of hydrogen-bond donors (Lipinski definition) is 0. The third kappa shape index (κ3) is 4.32. The minimum atomic E-state index is 0.376. The van der Waals surface area contributed by atoms with Crippen molar-refractivity contribution in [3.8, 4) is 23.0 Å². The zero-order valence-corrected chi connectivity index (χ0v) is 20.8. The molecule has 5 aromatic rings. The zero-order chi connectivity index (χ0) is 23.9. The van der Waals surface area contributed by atoms with E-state index >= 15 is 0 Å². The Balaban J connectivity index is 1.26. The number of aryl methyl sites for hydroxylation is 1. The second-order valence-corrected chi connectivity index (χ2v) is 9.97. The molecule has 0 atom stereocenters. The normalized spacial score (nSPS) is 14.8. The van der Waals surface area contributed by atoms with Crippen molar-refractivity contribution >= 4 is 33.1 Å². The molecule has 0 N–H and O–H groups in total. The molecule has 0 saturated carbocycles. The largest absolute Gasteiger partial charge is 0.496 e. The highest BCUT2D eigenvalue weighted by atomic mass is 32.1. The van der Waals surface area contributed by atoms with Gasteiger partial charge in [-0.3, -0.25) is 0 Å². The summed E-state index contributed by atoms with van der Waals surface area (Å²) in [5.41, 5.74) is 4.00. The van der Waals surface area contributed by atoms with E-state index in [1.165, 1.54) is 12.8 Å². The van der Waals surface area contributed by atoms with Crippen LogP contribution in [0, 0.1) is 12.8 Å². The summed E-state index contributed by atoms with van der Waals surface area (Å²) in [6, 6.07) is 9.59. The standard InChI is InChI=1S/C26H27N5O3S/c1-16-6-8-30(9-7-16)26-27-18(15-35-26)14-33-22-10-19(32-3)11-23-20(22)12-24(34-23)21-13-31-25(28-21)5-4-17(2)29-31/h4-5,10-13,15-16H,6-9,14H2,1-3H3. The lowest BCUT2D eigenvalue weighted by Crippen LogP contribution is -2.32. The third-order valence-corrected chi connectivity index (χ3v) is 7.43. The number of hydrogen-bond acceptors (Lipinski definition) is 8. The molecule has 0 aliphatic carbocycles. The van der Waals surface area contributed by atoms with Gasteiger partial charge in [0.2, 0.25) is 0 Å². The first-order valence-corrected chi connectivity index (χ1v) is 12.7. The number of piperidine rings is 1. The highest BCUT2D eigenvalue weighted by molar-refractivity contribution is 7.13. The number of rotatable bonds is 6. The molecular formula is C26H27N5O3S. The number of thiazole rings is 1. The van der Waals surface area contributed by atoms with Gasteiger partial charge in [0.05, 0.1) is 30.1 Å². The fourth-order valence-electron chi connectivity index (χ4n) is 4.40. The number of furan rings is 1. The van der Waals surface area contributed by atoms with E-state index in [1.807, 2.05) is 43.5 Å². The van der Waals surface area contributed by atoms with Gasteiger partial charge < -0.3 is 18.8 Å². The van der Waals surface area contributed by atoms with Crippen molar-refractivity contribution in [3.63, 3.8) is 0 Å². The van der Waals surface area contributed by atoms with Crippen LogP contribution in [0.1, 0.15) is 31.2 Å². The van der Waals surface area contributed by atoms with E-state index < -0.39 is 0 Å². The summed E-state index contributed by atoms with van der Waals surface area (Å²) in [7, 11) is 1.64. The SMILES string of the molecule is COc1cc(OCc2csc(N3CCC(C)CC3)n2)c2cc(-c3cn4nc(C)ccc4n3)oc2c1. The van der Waals surface area contributed by atoms with Gasteiger partial charge in [0.25, 0.3) is 0 Å². The number of methoxy groups -OCH3 is 1. The van der Waals surface area contributed by atoms with Gasteiger partial charge in [0.1, 0.15) is 29.4 Å². The molecule has 4 aromatic heterocycles. The smallest absolute Gasteiger partial charge is 0.185 e. The first-order valence-electron chi connectivity index (χ1n) is 11.8. The number of ether oxygens (including phenoxy) is 2. The van der Waals surface area contributed by atoms with E-state index in [-0.39, 0.29) is 0 Å². The van der Waals surface area contributed by atoms with Gasteiger partial charge in [0.15, 0.2) is 16.5 Å². The van der Waals surface area contributed by atoms with Gasteiger partial charge in [-0.1, -0.05) is 6.92 Å². The molecule has 6 rings (SSSR count). The molecule has 0 amide bonds. The molecule has 180 valence electrons. The Bertz CT molecular complexity index is 1500. The molecule has 1 saturated heterocycles. The molecule has 1 fully saturated rings. The maximum atomic E-state index is 6.24. The van der Waals surface area contributed by atoms with Crippen molar-refractivity contribution in [1.82, 2.24) is 19.6 Å². The Hall–Kier alpha value is -3.59. The van der Waals surface area contributed by atoms with Gasteiger partial charge in [-0.15, -0.1) is 11.3 Å². The molecule has 0 spiro atoms. The Kier molecular flexibility index (Phi) is 5.56. The van der Waals surface area contributed by atoms with Gasteiger partial charge in [-0.2, -0.15) is 5.10 Å². The second kappa shape index (κ2) is 8.88. The van der Waals surface area contributed by atoms with Gasteiger partial charge in [-0.05, 0) is 43.9 Å². The second-order valence-electron chi connectivity index (χ2n) is 9.13. The van der Waals surface area contributed by atoms with Crippen molar-refractivity contribution < 1.29 is 13.9 Å².